The van der Waals surface area contributed by atoms with E-state index in [0.717, 1.165) is 12.8 Å². The van der Waals surface area contributed by atoms with Crippen LogP contribution in [0.15, 0.2) is 0 Å². The van der Waals surface area contributed by atoms with Gasteiger partial charge in [-0.05, 0) is 33.6 Å². The second-order valence-corrected chi connectivity index (χ2v) is 4.93. The molecule has 1 atom stereocenters. The minimum Gasteiger partial charge on any atom is -0.481 e. The predicted octanol–water partition coefficient (Wildman–Crippen LogP) is 2.46. The molecule has 0 aliphatic carbocycles. The van der Waals surface area contributed by atoms with Crippen molar-refractivity contribution >= 4 is 12.0 Å². The lowest BCUT2D eigenvalue weighted by molar-refractivity contribution is -0.138. The molecule has 0 aliphatic rings. The van der Waals surface area contributed by atoms with E-state index in [2.05, 4.69) is 5.32 Å². The van der Waals surface area contributed by atoms with Crippen LogP contribution in [0, 0.1) is 0 Å². The molecule has 0 aromatic rings. The molecule has 0 aromatic carbocycles. The Morgan fingerprint density at radius 2 is 1.78 bits per heavy atom. The third kappa shape index (κ3) is 4.94. The van der Waals surface area contributed by atoms with Gasteiger partial charge in [-0.2, -0.15) is 0 Å². The van der Waals surface area contributed by atoms with Gasteiger partial charge in [0.25, 0.3) is 0 Å². The molecule has 1 unspecified atom stereocenters. The molecule has 5 heteroatoms. The second-order valence-electron chi connectivity index (χ2n) is 4.93. The van der Waals surface area contributed by atoms with Crippen LogP contribution in [0.3, 0.4) is 0 Å². The number of nitrogens with one attached hydrogen (secondary N) is 1. The second kappa shape index (κ2) is 7.24. The highest BCUT2D eigenvalue weighted by Gasteiger charge is 2.27. The third-order valence-electron chi connectivity index (χ3n) is 3.57. The van der Waals surface area contributed by atoms with Gasteiger partial charge >= 0.3 is 12.0 Å². The molecule has 0 aromatic heterocycles. The zero-order chi connectivity index (χ0) is 14.3. The zero-order valence-electron chi connectivity index (χ0n) is 12.1. The van der Waals surface area contributed by atoms with Crippen molar-refractivity contribution in [2.45, 2.75) is 65.5 Å². The van der Waals surface area contributed by atoms with Gasteiger partial charge in [-0.15, -0.1) is 0 Å². The first-order valence-electron chi connectivity index (χ1n) is 6.60. The number of urea groups is 1. The lowest BCUT2D eigenvalue weighted by Gasteiger charge is -2.34. The number of aliphatic carboxylic acids is 1. The average Bonchev–Trinajstić information content (AvgIpc) is 2.28. The zero-order valence-corrected chi connectivity index (χ0v) is 12.1. The molecule has 2 amide bonds. The molecule has 0 saturated carbocycles. The molecular weight excluding hydrogens is 232 g/mol. The molecule has 0 saturated heterocycles. The van der Waals surface area contributed by atoms with E-state index < -0.39 is 5.97 Å². The highest BCUT2D eigenvalue weighted by molar-refractivity contribution is 5.76. The summed E-state index contributed by atoms with van der Waals surface area (Å²) in [6.07, 6.45) is 1.66. The van der Waals surface area contributed by atoms with E-state index in [1.54, 1.807) is 11.8 Å². The summed E-state index contributed by atoms with van der Waals surface area (Å²) in [7, 11) is 0. The highest BCUT2D eigenvalue weighted by atomic mass is 16.4. The van der Waals surface area contributed by atoms with E-state index >= 15 is 0 Å². The van der Waals surface area contributed by atoms with Gasteiger partial charge in [0.05, 0.1) is 6.42 Å². The Bertz CT molecular complexity index is 288. The monoisotopic (exact) mass is 258 g/mol. The van der Waals surface area contributed by atoms with E-state index in [0.29, 0.717) is 6.54 Å². The minimum absolute atomic E-state index is 0.0315. The topological polar surface area (TPSA) is 69.6 Å². The van der Waals surface area contributed by atoms with Crippen molar-refractivity contribution in [3.8, 4) is 0 Å². The van der Waals surface area contributed by atoms with Crippen LogP contribution in [-0.2, 0) is 4.79 Å². The van der Waals surface area contributed by atoms with E-state index in [4.69, 9.17) is 5.11 Å². The Morgan fingerprint density at radius 3 is 2.11 bits per heavy atom. The number of hydrogen-bond donors (Lipinski definition) is 2. The summed E-state index contributed by atoms with van der Waals surface area (Å²) in [6.45, 7) is 10.2. The van der Waals surface area contributed by atoms with Gasteiger partial charge in [0, 0.05) is 18.1 Å². The number of rotatable bonds is 7. The Labute approximate surface area is 110 Å². The molecule has 0 bridgehead atoms. The standard InChI is InChI=1S/C13H26N2O3/c1-6-13(5,7-2)14-12(18)15(8-3)10(4)9-11(16)17/h10H,6-9H2,1-5H3,(H,14,18)(H,16,17). The molecule has 0 radical (unpaired) electrons. The Morgan fingerprint density at radius 1 is 1.28 bits per heavy atom. The van der Waals surface area contributed by atoms with Gasteiger partial charge in [0.2, 0.25) is 0 Å². The minimum atomic E-state index is -0.887. The van der Waals surface area contributed by atoms with Crippen molar-refractivity contribution in [3.05, 3.63) is 0 Å². The maximum absolute atomic E-state index is 12.2. The molecule has 18 heavy (non-hydrogen) atoms. The van der Waals surface area contributed by atoms with Crippen LogP contribution in [0.1, 0.15) is 53.9 Å². The largest absolute Gasteiger partial charge is 0.481 e. The predicted molar refractivity (Wildman–Crippen MR) is 71.6 cm³/mol. The first-order chi connectivity index (χ1) is 8.29. The lowest BCUT2D eigenvalue weighted by Crippen LogP contribution is -2.53. The highest BCUT2D eigenvalue weighted by Crippen LogP contribution is 2.15. The number of amides is 2. The summed E-state index contributed by atoms with van der Waals surface area (Å²) in [6, 6.07) is -0.483. The van der Waals surface area contributed by atoms with Crippen molar-refractivity contribution in [1.82, 2.24) is 10.2 Å². The quantitative estimate of drug-likeness (QED) is 0.737. The number of carbonyl (C=O) groups is 2. The Balaban J connectivity index is 4.66. The Kier molecular flexibility index (Phi) is 6.73. The molecule has 0 rings (SSSR count). The average molecular weight is 258 g/mol. The van der Waals surface area contributed by atoms with Crippen LogP contribution < -0.4 is 5.32 Å². The smallest absolute Gasteiger partial charge is 0.318 e. The maximum atomic E-state index is 12.2. The molecule has 0 heterocycles. The number of nitrogens with zero attached hydrogens (tertiary/aromatic N) is 1. The normalized spacial score (nSPS) is 12.9. The van der Waals surface area contributed by atoms with Gasteiger partial charge in [-0.3, -0.25) is 4.79 Å². The first-order valence-corrected chi connectivity index (χ1v) is 6.60. The van der Waals surface area contributed by atoms with E-state index in [1.165, 1.54) is 0 Å². The van der Waals surface area contributed by atoms with Gasteiger partial charge in [0.1, 0.15) is 0 Å². The fourth-order valence-corrected chi connectivity index (χ4v) is 1.78. The molecular formula is C13H26N2O3. The van der Waals surface area contributed by atoms with E-state index in [-0.39, 0.29) is 24.0 Å². The van der Waals surface area contributed by atoms with Crippen LogP contribution in [0.5, 0.6) is 0 Å². The van der Waals surface area contributed by atoms with E-state index in [9.17, 15) is 9.59 Å². The summed E-state index contributed by atoms with van der Waals surface area (Å²) < 4.78 is 0. The summed E-state index contributed by atoms with van der Waals surface area (Å²) in [5.74, 6) is -0.887. The molecule has 0 aliphatic heterocycles. The van der Waals surface area contributed by atoms with Crippen LogP contribution in [-0.4, -0.2) is 40.1 Å². The number of carboxylic acids is 1. The molecule has 2 N–H and O–H groups in total. The number of carbonyl (C=O) groups excluding carboxylic acids is 1. The fraction of sp³-hybridized carbons (Fsp3) is 0.846. The number of carboxylic acid groups (broad SMARTS) is 1. The van der Waals surface area contributed by atoms with Gasteiger partial charge in [-0.25, -0.2) is 4.79 Å². The van der Waals surface area contributed by atoms with Crippen molar-refractivity contribution in [1.29, 1.82) is 0 Å². The summed E-state index contributed by atoms with van der Waals surface area (Å²) >= 11 is 0. The molecule has 106 valence electrons. The van der Waals surface area contributed by atoms with Crippen LogP contribution in [0.4, 0.5) is 4.79 Å². The van der Waals surface area contributed by atoms with Crippen LogP contribution in [0.25, 0.3) is 0 Å². The van der Waals surface area contributed by atoms with Gasteiger partial charge in [0.15, 0.2) is 0 Å². The summed E-state index contributed by atoms with van der Waals surface area (Å²) in [5, 5.41) is 11.8. The number of hydrogen-bond acceptors (Lipinski definition) is 2. The molecule has 0 spiro atoms. The van der Waals surface area contributed by atoms with Crippen molar-refractivity contribution < 1.29 is 14.7 Å². The Hall–Kier alpha value is -1.26. The molecule has 5 nitrogen and oxygen atoms in total. The van der Waals surface area contributed by atoms with E-state index in [1.807, 2.05) is 27.7 Å². The fourth-order valence-electron chi connectivity index (χ4n) is 1.78. The first kappa shape index (κ1) is 16.7. The summed E-state index contributed by atoms with van der Waals surface area (Å²) in [5.41, 5.74) is -0.229. The molecule has 0 fully saturated rings. The third-order valence-corrected chi connectivity index (χ3v) is 3.57. The van der Waals surface area contributed by atoms with Gasteiger partial charge in [-0.1, -0.05) is 13.8 Å². The van der Waals surface area contributed by atoms with Gasteiger partial charge < -0.3 is 15.3 Å². The van der Waals surface area contributed by atoms with Crippen molar-refractivity contribution in [3.63, 3.8) is 0 Å². The lowest BCUT2D eigenvalue weighted by atomic mass is 9.96. The van der Waals surface area contributed by atoms with Crippen LogP contribution in [0.2, 0.25) is 0 Å². The van der Waals surface area contributed by atoms with Crippen molar-refractivity contribution in [2.75, 3.05) is 6.54 Å². The summed E-state index contributed by atoms with van der Waals surface area (Å²) in [4.78, 5) is 24.4. The van der Waals surface area contributed by atoms with Crippen molar-refractivity contribution in [2.24, 2.45) is 0 Å². The van der Waals surface area contributed by atoms with Crippen LogP contribution >= 0.6 is 0 Å². The maximum Gasteiger partial charge on any atom is 0.318 e. The SMILES string of the molecule is CCN(C(=O)NC(C)(CC)CC)C(C)CC(=O)O.